The van der Waals surface area contributed by atoms with Crippen LogP contribution in [0.4, 0.5) is 5.69 Å². The number of likely N-dealkylation sites (N-methyl/N-ethyl adjacent to an activating group) is 1. The summed E-state index contributed by atoms with van der Waals surface area (Å²) in [4.78, 5) is 40.9. The van der Waals surface area contributed by atoms with Crippen molar-refractivity contribution in [3.8, 4) is 0 Å². The Bertz CT molecular complexity index is 867. The molecule has 7 nitrogen and oxygen atoms in total. The molecule has 0 aromatic heterocycles. The summed E-state index contributed by atoms with van der Waals surface area (Å²) >= 11 is 0. The number of rotatable bonds is 6. The van der Waals surface area contributed by atoms with Crippen LogP contribution in [0.25, 0.3) is 0 Å². The van der Waals surface area contributed by atoms with Crippen molar-refractivity contribution < 1.29 is 14.4 Å². The quantitative estimate of drug-likeness (QED) is 0.735. The van der Waals surface area contributed by atoms with Crippen LogP contribution in [0.2, 0.25) is 0 Å². The Balaban J connectivity index is 1.72. The molecule has 3 amide bonds. The van der Waals surface area contributed by atoms with Gasteiger partial charge in [0.05, 0.1) is 6.54 Å². The van der Waals surface area contributed by atoms with Gasteiger partial charge in [0.2, 0.25) is 0 Å². The maximum atomic E-state index is 13.0. The highest BCUT2D eigenvalue weighted by Gasteiger charge is 2.38. The largest absolute Gasteiger partial charge is 0.347 e. The van der Waals surface area contributed by atoms with Crippen molar-refractivity contribution in [1.29, 1.82) is 0 Å². The van der Waals surface area contributed by atoms with E-state index in [0.29, 0.717) is 25.2 Å². The van der Waals surface area contributed by atoms with Gasteiger partial charge in [-0.15, -0.1) is 0 Å². The number of carbonyl (C=O) groups excluding carboxylic acids is 3. The van der Waals surface area contributed by atoms with Gasteiger partial charge in [-0.2, -0.15) is 0 Å². The topological polar surface area (TPSA) is 81.8 Å². The lowest BCUT2D eigenvalue weighted by Gasteiger charge is -2.18. The minimum absolute atomic E-state index is 0.250. The first-order chi connectivity index (χ1) is 13.5. The molecule has 1 atom stereocenters. The second-order valence-corrected chi connectivity index (χ2v) is 6.93. The van der Waals surface area contributed by atoms with Crippen molar-refractivity contribution in [3.63, 3.8) is 0 Å². The third kappa shape index (κ3) is 4.37. The molecule has 0 bridgehead atoms. The number of nitrogens with one attached hydrogen (secondary N) is 2. The van der Waals surface area contributed by atoms with Crippen LogP contribution in [-0.2, 0) is 20.9 Å². The van der Waals surface area contributed by atoms with Crippen LogP contribution < -0.4 is 15.5 Å². The fourth-order valence-electron chi connectivity index (χ4n) is 3.12. The monoisotopic (exact) mass is 380 g/mol. The summed E-state index contributed by atoms with van der Waals surface area (Å²) in [5.41, 5.74) is 2.42. The van der Waals surface area contributed by atoms with Crippen LogP contribution in [-0.4, -0.2) is 49.8 Å². The molecular weight excluding hydrogens is 356 g/mol. The maximum Gasteiger partial charge on any atom is 0.310 e. The van der Waals surface area contributed by atoms with Gasteiger partial charge in [-0.3, -0.25) is 14.4 Å². The number of hydrogen-bond acceptors (Lipinski definition) is 4. The van der Waals surface area contributed by atoms with E-state index >= 15 is 0 Å². The fraction of sp³-hybridized carbons (Fsp3) is 0.286. The maximum absolute atomic E-state index is 13.0. The molecule has 3 rings (SSSR count). The van der Waals surface area contributed by atoms with Gasteiger partial charge in [0, 0.05) is 24.3 Å². The summed E-state index contributed by atoms with van der Waals surface area (Å²) in [6.07, 6.45) is 0. The summed E-state index contributed by atoms with van der Waals surface area (Å²) < 4.78 is 0. The summed E-state index contributed by atoms with van der Waals surface area (Å²) in [6, 6.07) is 16.1. The van der Waals surface area contributed by atoms with Crippen LogP contribution in [0.5, 0.6) is 0 Å². The Morgan fingerprint density at radius 1 is 1.00 bits per heavy atom. The van der Waals surface area contributed by atoms with E-state index < -0.39 is 17.9 Å². The highest BCUT2D eigenvalue weighted by molar-refractivity contribution is 6.35. The number of hydrogen-bond donors (Lipinski definition) is 2. The second-order valence-electron chi connectivity index (χ2n) is 6.93. The summed E-state index contributed by atoms with van der Waals surface area (Å²) in [5.74, 6) is -1.80. The predicted molar refractivity (Wildman–Crippen MR) is 107 cm³/mol. The number of fused-ring (bicyclic) bond motifs is 1. The van der Waals surface area contributed by atoms with Crippen LogP contribution in [0.3, 0.4) is 0 Å². The fourth-order valence-corrected chi connectivity index (χ4v) is 3.12. The van der Waals surface area contributed by atoms with Gasteiger partial charge in [-0.25, -0.2) is 0 Å². The Morgan fingerprint density at radius 3 is 2.39 bits per heavy atom. The van der Waals surface area contributed by atoms with Crippen LogP contribution >= 0.6 is 0 Å². The molecule has 1 heterocycles. The van der Waals surface area contributed by atoms with E-state index in [2.05, 4.69) is 10.6 Å². The Morgan fingerprint density at radius 2 is 1.68 bits per heavy atom. The van der Waals surface area contributed by atoms with Gasteiger partial charge in [-0.1, -0.05) is 48.5 Å². The standard InChI is InChI=1S/C21H24N4O3/c1-24(2)13-12-22-19(26)20(27)23-18-16-10-6-7-11-17(16)25(21(18)28)14-15-8-4-3-5-9-15/h3-11,18H,12-14H2,1-2H3,(H,22,26)(H,23,27)/t18-/m0/s1. The molecule has 0 spiro atoms. The lowest BCUT2D eigenvalue weighted by molar-refractivity contribution is -0.140. The molecule has 1 aliphatic rings. The van der Waals surface area contributed by atoms with E-state index in [9.17, 15) is 14.4 Å². The van der Waals surface area contributed by atoms with Gasteiger partial charge >= 0.3 is 11.8 Å². The Kier molecular flexibility index (Phi) is 6.06. The van der Waals surface area contributed by atoms with Gasteiger partial charge < -0.3 is 20.4 Å². The van der Waals surface area contributed by atoms with E-state index in [4.69, 9.17) is 0 Å². The van der Waals surface area contributed by atoms with Gasteiger partial charge in [-0.05, 0) is 25.7 Å². The Hall–Kier alpha value is -3.19. The van der Waals surface area contributed by atoms with Crippen LogP contribution in [0.1, 0.15) is 17.2 Å². The van der Waals surface area contributed by atoms with E-state index in [1.165, 1.54) is 0 Å². The zero-order valence-corrected chi connectivity index (χ0v) is 16.0. The van der Waals surface area contributed by atoms with E-state index in [-0.39, 0.29) is 5.91 Å². The van der Waals surface area contributed by atoms with Crippen molar-refractivity contribution >= 4 is 23.4 Å². The smallest absolute Gasteiger partial charge is 0.310 e. The molecule has 1 aliphatic heterocycles. The molecular formula is C21H24N4O3. The summed E-state index contributed by atoms with van der Waals surface area (Å²) in [6.45, 7) is 1.38. The SMILES string of the molecule is CN(C)CCNC(=O)C(=O)N[C@@H]1C(=O)N(Cc2ccccc2)c2ccccc21. The molecule has 0 saturated carbocycles. The normalized spacial score (nSPS) is 15.5. The zero-order chi connectivity index (χ0) is 20.1. The lowest BCUT2D eigenvalue weighted by Crippen LogP contribution is -2.45. The van der Waals surface area contributed by atoms with Gasteiger partial charge in [0.25, 0.3) is 5.91 Å². The molecule has 0 radical (unpaired) electrons. The van der Waals surface area contributed by atoms with Crippen LogP contribution in [0, 0.1) is 0 Å². The number of para-hydroxylation sites is 1. The van der Waals surface area contributed by atoms with E-state index in [1.807, 2.05) is 67.5 Å². The number of nitrogens with zero attached hydrogens (tertiary/aromatic N) is 2. The molecule has 2 N–H and O–H groups in total. The molecule has 2 aromatic rings. The highest BCUT2D eigenvalue weighted by Crippen LogP contribution is 2.36. The number of anilines is 1. The van der Waals surface area contributed by atoms with Crippen molar-refractivity contribution in [2.24, 2.45) is 0 Å². The molecule has 0 fully saturated rings. The molecule has 0 unspecified atom stereocenters. The molecule has 0 aliphatic carbocycles. The minimum atomic E-state index is -0.869. The zero-order valence-electron chi connectivity index (χ0n) is 16.0. The molecule has 146 valence electrons. The molecule has 7 heteroatoms. The number of amides is 3. The van der Waals surface area contributed by atoms with Crippen molar-refractivity contribution in [2.45, 2.75) is 12.6 Å². The second kappa shape index (κ2) is 8.67. The van der Waals surface area contributed by atoms with Gasteiger partial charge in [0.1, 0.15) is 6.04 Å². The lowest BCUT2D eigenvalue weighted by atomic mass is 10.1. The van der Waals surface area contributed by atoms with Crippen LogP contribution in [0.15, 0.2) is 54.6 Å². The van der Waals surface area contributed by atoms with Crippen molar-refractivity contribution in [2.75, 3.05) is 32.1 Å². The van der Waals surface area contributed by atoms with E-state index in [1.54, 1.807) is 11.0 Å². The first-order valence-corrected chi connectivity index (χ1v) is 9.15. The third-order valence-corrected chi connectivity index (χ3v) is 4.56. The van der Waals surface area contributed by atoms with Crippen molar-refractivity contribution in [3.05, 3.63) is 65.7 Å². The first kappa shape index (κ1) is 19.6. The predicted octanol–water partition coefficient (Wildman–Crippen LogP) is 1.07. The first-order valence-electron chi connectivity index (χ1n) is 9.15. The average Bonchev–Trinajstić information content (AvgIpc) is 2.94. The van der Waals surface area contributed by atoms with Crippen molar-refractivity contribution in [1.82, 2.24) is 15.5 Å². The third-order valence-electron chi connectivity index (χ3n) is 4.56. The average molecular weight is 380 g/mol. The van der Waals surface area contributed by atoms with E-state index in [0.717, 1.165) is 11.3 Å². The molecule has 28 heavy (non-hydrogen) atoms. The summed E-state index contributed by atoms with van der Waals surface area (Å²) in [7, 11) is 3.75. The molecule has 0 saturated heterocycles. The Labute approximate surface area is 164 Å². The van der Waals surface area contributed by atoms with Gasteiger partial charge in [0.15, 0.2) is 0 Å². The summed E-state index contributed by atoms with van der Waals surface area (Å²) in [5, 5.41) is 5.14. The number of benzene rings is 2. The molecule has 2 aromatic carbocycles. The number of carbonyl (C=O) groups is 3. The minimum Gasteiger partial charge on any atom is -0.347 e. The highest BCUT2D eigenvalue weighted by atomic mass is 16.2.